The summed E-state index contributed by atoms with van der Waals surface area (Å²) in [6.07, 6.45) is 1.22. The van der Waals surface area contributed by atoms with Gasteiger partial charge in [-0.05, 0) is 37.5 Å². The van der Waals surface area contributed by atoms with Crippen molar-refractivity contribution in [2.24, 2.45) is 0 Å². The molecule has 0 saturated heterocycles. The van der Waals surface area contributed by atoms with Crippen LogP contribution in [-0.4, -0.2) is 11.1 Å². The van der Waals surface area contributed by atoms with Gasteiger partial charge in [0, 0.05) is 11.3 Å². The number of hydrogen-bond acceptors (Lipinski definition) is 3. The van der Waals surface area contributed by atoms with E-state index in [0.29, 0.717) is 12.2 Å². The van der Waals surface area contributed by atoms with Crippen LogP contribution in [0, 0.1) is 18.3 Å². The van der Waals surface area contributed by atoms with Crippen LogP contribution in [-0.2, 0) is 11.3 Å². The number of hydrogen-bond donors (Lipinski definition) is 1. The van der Waals surface area contributed by atoms with Crippen LogP contribution in [0.15, 0.2) is 35.1 Å². The second-order valence-electron chi connectivity index (χ2n) is 5.41. The zero-order valence-corrected chi connectivity index (χ0v) is 13.1. The first-order valence-electron chi connectivity index (χ1n) is 7.40. The molecule has 2 aromatic rings. The van der Waals surface area contributed by atoms with E-state index in [-0.39, 0.29) is 17.2 Å². The van der Waals surface area contributed by atoms with Crippen LogP contribution in [0.2, 0.25) is 0 Å². The molecule has 1 aromatic heterocycles. The fourth-order valence-corrected chi connectivity index (χ4v) is 2.16. The average Bonchev–Trinajstić information content (AvgIpc) is 2.52. The number of nitrogens with zero attached hydrogens (tertiary/aromatic N) is 1. The smallest absolute Gasteiger partial charge is 0.266 e. The lowest BCUT2D eigenvalue weighted by Crippen LogP contribution is -2.12. The van der Waals surface area contributed by atoms with Gasteiger partial charge in [0.25, 0.3) is 5.56 Å². The summed E-state index contributed by atoms with van der Waals surface area (Å²) in [6.45, 7) is 6.51. The maximum atomic E-state index is 11.8. The van der Waals surface area contributed by atoms with Crippen LogP contribution in [0.3, 0.4) is 0 Å². The molecule has 2 rings (SSSR count). The number of nitriles is 1. The molecule has 0 bridgehead atoms. The lowest BCUT2D eigenvalue weighted by Gasteiger charge is -2.11. The number of aromatic amines is 1. The molecule has 22 heavy (non-hydrogen) atoms. The number of pyridine rings is 1. The highest BCUT2D eigenvalue weighted by molar-refractivity contribution is 5.70. The Bertz CT molecular complexity index is 739. The van der Waals surface area contributed by atoms with Crippen molar-refractivity contribution in [1.82, 2.24) is 4.98 Å². The summed E-state index contributed by atoms with van der Waals surface area (Å²) in [7, 11) is 0. The zero-order chi connectivity index (χ0) is 16.1. The Balaban J connectivity index is 2.28. The molecule has 0 aliphatic heterocycles. The van der Waals surface area contributed by atoms with Crippen LogP contribution >= 0.6 is 0 Å². The van der Waals surface area contributed by atoms with Crippen molar-refractivity contribution >= 4 is 0 Å². The van der Waals surface area contributed by atoms with Gasteiger partial charge < -0.3 is 9.72 Å². The minimum atomic E-state index is -0.346. The van der Waals surface area contributed by atoms with Gasteiger partial charge in [-0.25, -0.2) is 0 Å². The van der Waals surface area contributed by atoms with Gasteiger partial charge in [0.1, 0.15) is 11.6 Å². The molecule has 114 valence electrons. The van der Waals surface area contributed by atoms with Crippen LogP contribution in [0.4, 0.5) is 0 Å². The fraction of sp³-hybridized carbons (Fsp3) is 0.333. The SMILES string of the molecule is CCC(C)OCc1ccc(-c2cc(C)[nH]c(=O)c2C#N)cc1. The average molecular weight is 296 g/mol. The maximum absolute atomic E-state index is 11.8. The van der Waals surface area contributed by atoms with Gasteiger partial charge in [-0.15, -0.1) is 0 Å². The summed E-state index contributed by atoms with van der Waals surface area (Å²) in [6, 6.07) is 11.6. The molecule has 4 heteroatoms. The monoisotopic (exact) mass is 296 g/mol. The van der Waals surface area contributed by atoms with Crippen molar-refractivity contribution in [3.63, 3.8) is 0 Å². The number of aromatic nitrogens is 1. The minimum Gasteiger partial charge on any atom is -0.374 e. The second kappa shape index (κ2) is 7.06. The molecule has 0 amide bonds. The number of rotatable bonds is 5. The van der Waals surface area contributed by atoms with Gasteiger partial charge in [0.05, 0.1) is 12.7 Å². The predicted molar refractivity (Wildman–Crippen MR) is 86.5 cm³/mol. The largest absolute Gasteiger partial charge is 0.374 e. The van der Waals surface area contributed by atoms with E-state index in [0.717, 1.165) is 23.2 Å². The lowest BCUT2D eigenvalue weighted by molar-refractivity contribution is 0.0508. The quantitative estimate of drug-likeness (QED) is 0.917. The lowest BCUT2D eigenvalue weighted by atomic mass is 10.00. The molecule has 0 aliphatic rings. The Morgan fingerprint density at radius 3 is 2.59 bits per heavy atom. The highest BCUT2D eigenvalue weighted by Crippen LogP contribution is 2.22. The van der Waals surface area contributed by atoms with Crippen molar-refractivity contribution in [3.05, 3.63) is 57.5 Å². The topological polar surface area (TPSA) is 65.9 Å². The summed E-state index contributed by atoms with van der Waals surface area (Å²) in [5, 5.41) is 9.19. The molecule has 1 N–H and O–H groups in total. The molecule has 0 aliphatic carbocycles. The Hall–Kier alpha value is -2.38. The van der Waals surface area contributed by atoms with Crippen LogP contribution in [0.1, 0.15) is 37.1 Å². The molecule has 0 fully saturated rings. The van der Waals surface area contributed by atoms with E-state index >= 15 is 0 Å². The van der Waals surface area contributed by atoms with E-state index < -0.39 is 0 Å². The minimum absolute atomic E-state index is 0.147. The first kappa shape index (κ1) is 16.0. The van der Waals surface area contributed by atoms with Gasteiger partial charge in [-0.1, -0.05) is 31.2 Å². The van der Waals surface area contributed by atoms with Crippen molar-refractivity contribution in [2.45, 2.75) is 39.9 Å². The molecule has 1 atom stereocenters. The standard InChI is InChI=1S/C18H20N2O2/c1-4-13(3)22-11-14-5-7-15(8-6-14)16-9-12(2)20-18(21)17(16)10-19/h5-9,13H,4,11H2,1-3H3,(H,20,21). The maximum Gasteiger partial charge on any atom is 0.266 e. The van der Waals surface area contributed by atoms with Crippen molar-refractivity contribution in [1.29, 1.82) is 5.26 Å². The van der Waals surface area contributed by atoms with Crippen LogP contribution < -0.4 is 5.56 Å². The van der Waals surface area contributed by atoms with Gasteiger partial charge in [0.15, 0.2) is 0 Å². The molecule has 1 heterocycles. The molecular formula is C18H20N2O2. The Morgan fingerprint density at radius 1 is 1.32 bits per heavy atom. The predicted octanol–water partition coefficient (Wildman–Crippen LogP) is 3.54. The molecule has 1 aromatic carbocycles. The molecule has 1 unspecified atom stereocenters. The summed E-state index contributed by atoms with van der Waals surface area (Å²) >= 11 is 0. The number of aryl methyl sites for hydroxylation is 1. The van der Waals surface area contributed by atoms with Crippen LogP contribution in [0.5, 0.6) is 0 Å². The number of nitrogens with one attached hydrogen (secondary N) is 1. The normalized spacial score (nSPS) is 11.9. The van der Waals surface area contributed by atoms with E-state index in [1.165, 1.54) is 0 Å². The molecule has 4 nitrogen and oxygen atoms in total. The van der Waals surface area contributed by atoms with Gasteiger partial charge in [0.2, 0.25) is 0 Å². The van der Waals surface area contributed by atoms with Crippen LogP contribution in [0.25, 0.3) is 11.1 Å². The number of ether oxygens (including phenoxy) is 1. The van der Waals surface area contributed by atoms with Gasteiger partial charge >= 0.3 is 0 Å². The van der Waals surface area contributed by atoms with Gasteiger partial charge in [-0.3, -0.25) is 4.79 Å². The third-order valence-electron chi connectivity index (χ3n) is 3.65. The van der Waals surface area contributed by atoms with E-state index in [2.05, 4.69) is 11.9 Å². The zero-order valence-electron chi connectivity index (χ0n) is 13.1. The van der Waals surface area contributed by atoms with E-state index in [1.807, 2.05) is 43.3 Å². The van der Waals surface area contributed by atoms with E-state index in [9.17, 15) is 10.1 Å². The van der Waals surface area contributed by atoms with Crippen molar-refractivity contribution in [3.8, 4) is 17.2 Å². The van der Waals surface area contributed by atoms with Crippen molar-refractivity contribution < 1.29 is 4.74 Å². The second-order valence-corrected chi connectivity index (χ2v) is 5.41. The third kappa shape index (κ3) is 3.63. The van der Waals surface area contributed by atoms with E-state index in [1.54, 1.807) is 6.92 Å². The first-order valence-corrected chi connectivity index (χ1v) is 7.40. The highest BCUT2D eigenvalue weighted by atomic mass is 16.5. The molecule has 0 spiro atoms. The highest BCUT2D eigenvalue weighted by Gasteiger charge is 2.10. The number of benzene rings is 1. The Kier molecular flexibility index (Phi) is 5.13. The molecular weight excluding hydrogens is 276 g/mol. The first-order chi connectivity index (χ1) is 10.5. The summed E-state index contributed by atoms with van der Waals surface area (Å²) in [4.78, 5) is 14.5. The third-order valence-corrected chi connectivity index (χ3v) is 3.65. The van der Waals surface area contributed by atoms with Gasteiger partial charge in [-0.2, -0.15) is 5.26 Å². The summed E-state index contributed by atoms with van der Waals surface area (Å²) in [5.74, 6) is 0. The molecule has 0 saturated carbocycles. The van der Waals surface area contributed by atoms with E-state index in [4.69, 9.17) is 4.74 Å². The molecule has 0 radical (unpaired) electrons. The Labute approximate surface area is 130 Å². The Morgan fingerprint density at radius 2 is 2.00 bits per heavy atom. The summed E-state index contributed by atoms with van der Waals surface area (Å²) < 4.78 is 5.70. The summed E-state index contributed by atoms with van der Waals surface area (Å²) in [5.41, 5.74) is 3.14. The van der Waals surface area contributed by atoms with Crippen molar-refractivity contribution in [2.75, 3.05) is 0 Å². The fourth-order valence-electron chi connectivity index (χ4n) is 2.16. The number of H-pyrrole nitrogens is 1.